The van der Waals surface area contributed by atoms with Crippen molar-refractivity contribution in [2.45, 2.75) is 18.7 Å². The van der Waals surface area contributed by atoms with Crippen molar-refractivity contribution in [2.24, 2.45) is 11.8 Å². The topological polar surface area (TPSA) is 35.8 Å². The van der Waals surface area contributed by atoms with E-state index in [2.05, 4.69) is 55.8 Å². The van der Waals surface area contributed by atoms with Crippen molar-refractivity contribution in [1.29, 1.82) is 5.26 Å². The summed E-state index contributed by atoms with van der Waals surface area (Å²) in [6.45, 7) is 4.87. The van der Waals surface area contributed by atoms with Crippen LogP contribution in [0.5, 0.6) is 0 Å². The Morgan fingerprint density at radius 3 is 2.38 bits per heavy atom. The average Bonchev–Trinajstić information content (AvgIpc) is 2.30. The third kappa shape index (κ3) is 3.79. The van der Waals surface area contributed by atoms with Gasteiger partial charge in [0, 0.05) is 17.1 Å². The van der Waals surface area contributed by atoms with Crippen molar-refractivity contribution in [3.05, 3.63) is 24.3 Å². The van der Waals surface area contributed by atoms with Gasteiger partial charge in [-0.2, -0.15) is 5.26 Å². The maximum atomic E-state index is 8.96. The van der Waals surface area contributed by atoms with Gasteiger partial charge in [0.25, 0.3) is 0 Å². The lowest BCUT2D eigenvalue weighted by Gasteiger charge is -2.14. The molecule has 0 saturated heterocycles. The average molecular weight is 234 g/mol. The predicted octanol–water partition coefficient (Wildman–Crippen LogP) is 3.62. The van der Waals surface area contributed by atoms with Crippen molar-refractivity contribution in [1.82, 2.24) is 0 Å². The first-order chi connectivity index (χ1) is 7.67. The number of benzene rings is 1. The van der Waals surface area contributed by atoms with E-state index in [-0.39, 0.29) is 5.92 Å². The number of nitrogens with zero attached hydrogens (tertiary/aromatic N) is 1. The number of thioether (sulfide) groups is 1. The molecule has 1 unspecified atom stereocenters. The first-order valence-corrected chi connectivity index (χ1v) is 6.67. The van der Waals surface area contributed by atoms with Crippen LogP contribution in [0.15, 0.2) is 29.2 Å². The Bertz CT molecular complexity index is 351. The summed E-state index contributed by atoms with van der Waals surface area (Å²) >= 11 is 1.73. The van der Waals surface area contributed by atoms with Gasteiger partial charge in [0.15, 0.2) is 0 Å². The van der Waals surface area contributed by atoms with Crippen molar-refractivity contribution in [2.75, 3.05) is 18.1 Å². The fourth-order valence-electron chi connectivity index (χ4n) is 1.37. The normalized spacial score (nSPS) is 12.2. The Kier molecular flexibility index (Phi) is 5.21. The van der Waals surface area contributed by atoms with Crippen LogP contribution in [0.3, 0.4) is 0 Å². The molecule has 1 aromatic carbocycles. The molecule has 0 aliphatic heterocycles. The molecule has 86 valence electrons. The second-order valence-electron chi connectivity index (χ2n) is 4.09. The summed E-state index contributed by atoms with van der Waals surface area (Å²) in [5, 5.41) is 12.3. The molecule has 0 bridgehead atoms. The lowest BCUT2D eigenvalue weighted by Crippen LogP contribution is -2.17. The summed E-state index contributed by atoms with van der Waals surface area (Å²) < 4.78 is 0. The van der Waals surface area contributed by atoms with Gasteiger partial charge in [-0.1, -0.05) is 13.8 Å². The highest BCUT2D eigenvalue weighted by Gasteiger charge is 2.11. The summed E-state index contributed by atoms with van der Waals surface area (Å²) in [6.07, 6.45) is 2.06. The maximum Gasteiger partial charge on any atom is 0.0677 e. The molecule has 3 heteroatoms. The molecule has 1 rings (SSSR count). The smallest absolute Gasteiger partial charge is 0.0677 e. The molecular formula is C13H18N2S. The molecule has 0 heterocycles. The summed E-state index contributed by atoms with van der Waals surface area (Å²) in [7, 11) is 0. The highest BCUT2D eigenvalue weighted by atomic mass is 32.2. The van der Waals surface area contributed by atoms with Gasteiger partial charge >= 0.3 is 0 Å². The zero-order chi connectivity index (χ0) is 12.0. The SMILES string of the molecule is CSc1ccc(NCC(C#N)C(C)C)cc1. The molecule has 16 heavy (non-hydrogen) atoms. The van der Waals surface area contributed by atoms with Crippen LogP contribution in [-0.4, -0.2) is 12.8 Å². The van der Waals surface area contributed by atoms with Crippen LogP contribution in [-0.2, 0) is 0 Å². The number of hydrogen-bond acceptors (Lipinski definition) is 3. The molecule has 0 radical (unpaired) electrons. The zero-order valence-electron chi connectivity index (χ0n) is 10.0. The van der Waals surface area contributed by atoms with Crippen LogP contribution in [0.2, 0.25) is 0 Å². The van der Waals surface area contributed by atoms with E-state index in [0.29, 0.717) is 12.5 Å². The molecular weight excluding hydrogens is 216 g/mol. The van der Waals surface area contributed by atoms with E-state index >= 15 is 0 Å². The second kappa shape index (κ2) is 6.44. The van der Waals surface area contributed by atoms with Crippen molar-refractivity contribution >= 4 is 17.4 Å². The van der Waals surface area contributed by atoms with Crippen LogP contribution in [0, 0.1) is 23.2 Å². The number of nitriles is 1. The standard InChI is InChI=1S/C13H18N2S/c1-10(2)11(8-14)9-15-12-4-6-13(16-3)7-5-12/h4-7,10-11,15H,9H2,1-3H3. The van der Waals surface area contributed by atoms with Crippen molar-refractivity contribution < 1.29 is 0 Å². The van der Waals surface area contributed by atoms with Crippen LogP contribution in [0.4, 0.5) is 5.69 Å². The van der Waals surface area contributed by atoms with Gasteiger partial charge in [-0.15, -0.1) is 11.8 Å². The molecule has 0 fully saturated rings. The number of rotatable bonds is 5. The molecule has 0 amide bonds. The maximum absolute atomic E-state index is 8.96. The zero-order valence-corrected chi connectivity index (χ0v) is 10.8. The molecule has 0 aliphatic rings. The van der Waals surface area contributed by atoms with Gasteiger partial charge < -0.3 is 5.32 Å². The molecule has 0 aliphatic carbocycles. The Balaban J connectivity index is 2.51. The Morgan fingerprint density at radius 1 is 1.31 bits per heavy atom. The van der Waals surface area contributed by atoms with Crippen molar-refractivity contribution in [3.8, 4) is 6.07 Å². The fraction of sp³-hybridized carbons (Fsp3) is 0.462. The first kappa shape index (κ1) is 12.9. The van der Waals surface area contributed by atoms with Gasteiger partial charge in [0.05, 0.1) is 12.0 Å². The monoisotopic (exact) mass is 234 g/mol. The van der Waals surface area contributed by atoms with E-state index < -0.39 is 0 Å². The van der Waals surface area contributed by atoms with Gasteiger partial charge in [0.2, 0.25) is 0 Å². The lowest BCUT2D eigenvalue weighted by molar-refractivity contribution is 0.496. The van der Waals surface area contributed by atoms with E-state index in [1.807, 2.05) is 0 Å². The van der Waals surface area contributed by atoms with E-state index in [9.17, 15) is 0 Å². The van der Waals surface area contributed by atoms with Crippen LogP contribution >= 0.6 is 11.8 Å². The molecule has 0 aromatic heterocycles. The molecule has 1 atom stereocenters. The predicted molar refractivity (Wildman–Crippen MR) is 70.7 cm³/mol. The minimum absolute atomic E-state index is 0.0697. The van der Waals surface area contributed by atoms with Gasteiger partial charge in [-0.05, 0) is 36.4 Å². The van der Waals surface area contributed by atoms with E-state index in [1.165, 1.54) is 4.90 Å². The minimum atomic E-state index is 0.0697. The van der Waals surface area contributed by atoms with E-state index in [0.717, 1.165) is 5.69 Å². The molecule has 0 saturated carbocycles. The molecule has 1 N–H and O–H groups in total. The van der Waals surface area contributed by atoms with Crippen LogP contribution in [0.1, 0.15) is 13.8 Å². The Morgan fingerprint density at radius 2 is 1.94 bits per heavy atom. The number of nitrogens with one attached hydrogen (secondary N) is 1. The lowest BCUT2D eigenvalue weighted by atomic mass is 9.97. The fourth-order valence-corrected chi connectivity index (χ4v) is 1.78. The van der Waals surface area contributed by atoms with Gasteiger partial charge in [-0.25, -0.2) is 0 Å². The molecule has 2 nitrogen and oxygen atoms in total. The van der Waals surface area contributed by atoms with Gasteiger partial charge in [0.1, 0.15) is 0 Å². The third-order valence-corrected chi connectivity index (χ3v) is 3.33. The van der Waals surface area contributed by atoms with E-state index in [4.69, 9.17) is 5.26 Å². The number of anilines is 1. The highest BCUT2D eigenvalue weighted by Crippen LogP contribution is 2.18. The summed E-state index contributed by atoms with van der Waals surface area (Å²) in [6, 6.07) is 10.6. The highest BCUT2D eigenvalue weighted by molar-refractivity contribution is 7.98. The van der Waals surface area contributed by atoms with Crippen LogP contribution in [0.25, 0.3) is 0 Å². The van der Waals surface area contributed by atoms with E-state index in [1.54, 1.807) is 11.8 Å². The van der Waals surface area contributed by atoms with Gasteiger partial charge in [-0.3, -0.25) is 0 Å². The minimum Gasteiger partial charge on any atom is -0.384 e. The Labute approximate surface area is 102 Å². The summed E-state index contributed by atoms with van der Waals surface area (Å²) in [5.74, 6) is 0.461. The first-order valence-electron chi connectivity index (χ1n) is 5.45. The summed E-state index contributed by atoms with van der Waals surface area (Å²) in [5.41, 5.74) is 1.08. The second-order valence-corrected chi connectivity index (χ2v) is 4.97. The quantitative estimate of drug-likeness (QED) is 0.790. The van der Waals surface area contributed by atoms with Crippen LogP contribution < -0.4 is 5.32 Å². The summed E-state index contributed by atoms with van der Waals surface area (Å²) in [4.78, 5) is 1.26. The molecule has 0 spiro atoms. The third-order valence-electron chi connectivity index (χ3n) is 2.59. The number of hydrogen-bond donors (Lipinski definition) is 1. The molecule has 1 aromatic rings. The van der Waals surface area contributed by atoms with Crippen molar-refractivity contribution in [3.63, 3.8) is 0 Å². The Hall–Kier alpha value is -1.14. The largest absolute Gasteiger partial charge is 0.384 e.